The van der Waals surface area contributed by atoms with E-state index in [1.165, 1.54) is 5.56 Å². The molecule has 2 atom stereocenters. The van der Waals surface area contributed by atoms with Crippen LogP contribution < -0.4 is 10.5 Å². The minimum absolute atomic E-state index is 0.170. The fraction of sp³-hybridized carbons (Fsp3) is 0.417. The molecule has 1 rings (SSSR count). The van der Waals surface area contributed by atoms with Crippen LogP contribution in [0.2, 0.25) is 0 Å². The van der Waals surface area contributed by atoms with Crippen molar-refractivity contribution in [3.63, 3.8) is 0 Å². The van der Waals surface area contributed by atoms with Crippen molar-refractivity contribution >= 4 is 0 Å². The number of methoxy groups -OCH3 is 1. The minimum Gasteiger partial charge on any atom is -0.497 e. The van der Waals surface area contributed by atoms with E-state index in [-0.39, 0.29) is 5.92 Å². The zero-order chi connectivity index (χ0) is 11.3. The lowest BCUT2D eigenvalue weighted by atomic mass is 9.95. The molecule has 1 aromatic rings. The zero-order valence-electron chi connectivity index (χ0n) is 9.10. The predicted octanol–water partition coefficient (Wildman–Crippen LogP) is 1.72. The number of nitrogens with zero attached hydrogens (tertiary/aromatic N) is 1. The molecule has 80 valence electrons. The molecule has 0 saturated carbocycles. The van der Waals surface area contributed by atoms with Gasteiger partial charge < -0.3 is 10.5 Å². The molecule has 2 unspecified atom stereocenters. The highest BCUT2D eigenvalue weighted by Crippen LogP contribution is 2.15. The van der Waals surface area contributed by atoms with Gasteiger partial charge in [0.05, 0.1) is 19.2 Å². The van der Waals surface area contributed by atoms with Gasteiger partial charge in [-0.05, 0) is 30.0 Å². The molecule has 3 nitrogen and oxygen atoms in total. The fourth-order valence-corrected chi connectivity index (χ4v) is 1.39. The molecule has 0 saturated heterocycles. The summed E-state index contributed by atoms with van der Waals surface area (Å²) >= 11 is 0. The third-order valence-electron chi connectivity index (χ3n) is 2.48. The third kappa shape index (κ3) is 3.26. The first-order valence-corrected chi connectivity index (χ1v) is 4.95. The highest BCUT2D eigenvalue weighted by molar-refractivity contribution is 5.27. The van der Waals surface area contributed by atoms with Crippen LogP contribution in [0.3, 0.4) is 0 Å². The summed E-state index contributed by atoms with van der Waals surface area (Å²) in [7, 11) is 1.64. The van der Waals surface area contributed by atoms with Crippen molar-refractivity contribution in [1.29, 1.82) is 5.26 Å². The van der Waals surface area contributed by atoms with Gasteiger partial charge in [-0.15, -0.1) is 0 Å². The van der Waals surface area contributed by atoms with Gasteiger partial charge in [0.15, 0.2) is 0 Å². The topological polar surface area (TPSA) is 59.0 Å². The maximum Gasteiger partial charge on any atom is 0.118 e. The van der Waals surface area contributed by atoms with Gasteiger partial charge in [0.25, 0.3) is 0 Å². The van der Waals surface area contributed by atoms with E-state index in [4.69, 9.17) is 15.7 Å². The van der Waals surface area contributed by atoms with Crippen LogP contribution in [0.15, 0.2) is 24.3 Å². The molecule has 15 heavy (non-hydrogen) atoms. The van der Waals surface area contributed by atoms with Crippen molar-refractivity contribution in [2.45, 2.75) is 19.4 Å². The van der Waals surface area contributed by atoms with E-state index in [0.29, 0.717) is 0 Å². The van der Waals surface area contributed by atoms with Crippen LogP contribution in [0.5, 0.6) is 5.75 Å². The highest BCUT2D eigenvalue weighted by atomic mass is 16.5. The number of ether oxygens (including phenoxy) is 1. The van der Waals surface area contributed by atoms with Gasteiger partial charge in [-0.2, -0.15) is 5.26 Å². The summed E-state index contributed by atoms with van der Waals surface area (Å²) in [6.07, 6.45) is 0.818. The molecule has 0 amide bonds. The maximum absolute atomic E-state index is 8.67. The highest BCUT2D eigenvalue weighted by Gasteiger charge is 2.11. The van der Waals surface area contributed by atoms with Crippen LogP contribution in [-0.4, -0.2) is 13.2 Å². The summed E-state index contributed by atoms with van der Waals surface area (Å²) in [5, 5.41) is 8.67. The number of hydrogen-bond donors (Lipinski definition) is 1. The second kappa shape index (κ2) is 5.38. The smallest absolute Gasteiger partial charge is 0.118 e. The summed E-state index contributed by atoms with van der Waals surface area (Å²) in [5.41, 5.74) is 6.81. The lowest BCUT2D eigenvalue weighted by molar-refractivity contribution is 0.414. The summed E-state index contributed by atoms with van der Waals surface area (Å²) in [6, 6.07) is 9.50. The van der Waals surface area contributed by atoms with Gasteiger partial charge >= 0.3 is 0 Å². The minimum atomic E-state index is -0.396. The maximum atomic E-state index is 8.67. The van der Waals surface area contributed by atoms with Crippen LogP contribution in [0.25, 0.3) is 0 Å². The average molecular weight is 204 g/mol. The Bertz CT molecular complexity index is 340. The first-order valence-electron chi connectivity index (χ1n) is 4.95. The van der Waals surface area contributed by atoms with Gasteiger partial charge in [-0.25, -0.2) is 0 Å². The monoisotopic (exact) mass is 204 g/mol. The van der Waals surface area contributed by atoms with Gasteiger partial charge in [0, 0.05) is 0 Å². The van der Waals surface area contributed by atoms with Gasteiger partial charge in [-0.1, -0.05) is 19.1 Å². The Balaban J connectivity index is 2.61. The molecule has 0 aromatic heterocycles. The molecule has 0 radical (unpaired) electrons. The summed E-state index contributed by atoms with van der Waals surface area (Å²) in [4.78, 5) is 0. The van der Waals surface area contributed by atoms with E-state index in [1.807, 2.05) is 31.2 Å². The van der Waals surface area contributed by atoms with Crippen molar-refractivity contribution in [3.8, 4) is 11.8 Å². The molecule has 2 N–H and O–H groups in total. The lowest BCUT2D eigenvalue weighted by Gasteiger charge is -2.13. The number of benzene rings is 1. The Morgan fingerprint density at radius 2 is 2.00 bits per heavy atom. The molecular weight excluding hydrogens is 188 g/mol. The van der Waals surface area contributed by atoms with Crippen LogP contribution >= 0.6 is 0 Å². The van der Waals surface area contributed by atoms with Crippen molar-refractivity contribution in [2.24, 2.45) is 11.7 Å². The fourth-order valence-electron chi connectivity index (χ4n) is 1.39. The van der Waals surface area contributed by atoms with E-state index in [2.05, 4.69) is 6.07 Å². The van der Waals surface area contributed by atoms with Gasteiger partial charge in [0.2, 0.25) is 0 Å². The molecular formula is C12H16N2O. The average Bonchev–Trinajstić information content (AvgIpc) is 2.29. The summed E-state index contributed by atoms with van der Waals surface area (Å²) in [6.45, 7) is 1.98. The largest absolute Gasteiger partial charge is 0.497 e. The molecule has 3 heteroatoms. The van der Waals surface area contributed by atoms with E-state index in [0.717, 1.165) is 12.2 Å². The molecule has 1 aromatic carbocycles. The second-order valence-corrected chi connectivity index (χ2v) is 3.68. The molecule has 0 aliphatic carbocycles. The normalized spacial score (nSPS) is 14.0. The van der Waals surface area contributed by atoms with Crippen molar-refractivity contribution in [3.05, 3.63) is 29.8 Å². The third-order valence-corrected chi connectivity index (χ3v) is 2.48. The SMILES string of the molecule is COc1ccc(CC(C)C(N)C#N)cc1. The van der Waals surface area contributed by atoms with Crippen LogP contribution in [0.1, 0.15) is 12.5 Å². The molecule has 0 bridgehead atoms. The van der Waals surface area contributed by atoms with Crippen LogP contribution in [0, 0.1) is 17.2 Å². The van der Waals surface area contributed by atoms with Crippen molar-refractivity contribution in [1.82, 2.24) is 0 Å². The Morgan fingerprint density at radius 3 is 2.47 bits per heavy atom. The van der Waals surface area contributed by atoms with Crippen molar-refractivity contribution < 1.29 is 4.74 Å². The first-order chi connectivity index (χ1) is 7.17. The molecule has 0 spiro atoms. The Labute approximate surface area is 90.5 Å². The number of hydrogen-bond acceptors (Lipinski definition) is 3. The molecule has 0 heterocycles. The molecule has 0 fully saturated rings. The first kappa shape index (κ1) is 11.5. The zero-order valence-corrected chi connectivity index (χ0v) is 9.10. The van der Waals surface area contributed by atoms with E-state index < -0.39 is 6.04 Å². The van der Waals surface area contributed by atoms with Gasteiger partial charge in [-0.3, -0.25) is 0 Å². The standard InChI is InChI=1S/C12H16N2O/c1-9(12(14)8-13)7-10-3-5-11(15-2)6-4-10/h3-6,9,12H,7,14H2,1-2H3. The number of nitriles is 1. The van der Waals surface area contributed by atoms with Crippen molar-refractivity contribution in [2.75, 3.05) is 7.11 Å². The summed E-state index contributed by atoms with van der Waals surface area (Å²) in [5.74, 6) is 1.01. The Kier molecular flexibility index (Phi) is 4.14. The quantitative estimate of drug-likeness (QED) is 0.812. The lowest BCUT2D eigenvalue weighted by Crippen LogP contribution is -2.27. The van der Waals surface area contributed by atoms with Crippen LogP contribution in [-0.2, 0) is 6.42 Å². The van der Waals surface area contributed by atoms with E-state index in [9.17, 15) is 0 Å². The van der Waals surface area contributed by atoms with E-state index in [1.54, 1.807) is 7.11 Å². The molecule has 0 aliphatic rings. The predicted molar refractivity (Wildman–Crippen MR) is 59.5 cm³/mol. The second-order valence-electron chi connectivity index (χ2n) is 3.68. The van der Waals surface area contributed by atoms with E-state index >= 15 is 0 Å². The Hall–Kier alpha value is -1.53. The van der Waals surface area contributed by atoms with Crippen LogP contribution in [0.4, 0.5) is 0 Å². The van der Waals surface area contributed by atoms with Gasteiger partial charge in [0.1, 0.15) is 5.75 Å². The Morgan fingerprint density at radius 1 is 1.40 bits per heavy atom. The number of nitrogens with two attached hydrogens (primary N) is 1. The molecule has 0 aliphatic heterocycles. The number of rotatable bonds is 4. The summed E-state index contributed by atoms with van der Waals surface area (Å²) < 4.78 is 5.07.